The lowest BCUT2D eigenvalue weighted by atomic mass is 10.0. The summed E-state index contributed by atoms with van der Waals surface area (Å²) in [7, 11) is 0. The number of aryl methyl sites for hydroxylation is 1. The lowest BCUT2D eigenvalue weighted by Crippen LogP contribution is -2.39. The van der Waals surface area contributed by atoms with Crippen LogP contribution in [0.1, 0.15) is 29.2 Å². The van der Waals surface area contributed by atoms with Gasteiger partial charge in [0.25, 0.3) is 0 Å². The highest BCUT2D eigenvalue weighted by Gasteiger charge is 2.23. The number of rotatable bonds is 7. The SMILES string of the molecule is Cc1cc(OCc2ccccc2I)ccc1C1CN(CCC(=O)O)CCO1. The molecule has 144 valence electrons. The van der Waals surface area contributed by atoms with E-state index in [-0.39, 0.29) is 12.5 Å². The zero-order chi connectivity index (χ0) is 19.2. The van der Waals surface area contributed by atoms with Crippen LogP contribution in [0.15, 0.2) is 42.5 Å². The van der Waals surface area contributed by atoms with Crippen LogP contribution in [-0.4, -0.2) is 42.2 Å². The van der Waals surface area contributed by atoms with Crippen LogP contribution < -0.4 is 4.74 Å². The van der Waals surface area contributed by atoms with E-state index in [9.17, 15) is 4.79 Å². The van der Waals surface area contributed by atoms with Gasteiger partial charge in [-0.05, 0) is 58.8 Å². The number of halogens is 1. The van der Waals surface area contributed by atoms with E-state index in [1.165, 1.54) is 9.13 Å². The molecule has 0 aromatic heterocycles. The second-order valence-corrected chi connectivity index (χ2v) is 7.86. The van der Waals surface area contributed by atoms with Crippen molar-refractivity contribution in [3.05, 3.63) is 62.7 Å². The van der Waals surface area contributed by atoms with Gasteiger partial charge in [-0.2, -0.15) is 0 Å². The summed E-state index contributed by atoms with van der Waals surface area (Å²) in [5.74, 6) is 0.0817. The Morgan fingerprint density at radius 3 is 2.89 bits per heavy atom. The maximum absolute atomic E-state index is 10.8. The third-order valence-electron chi connectivity index (χ3n) is 4.73. The molecular formula is C21H24INO4. The van der Waals surface area contributed by atoms with Gasteiger partial charge in [0.2, 0.25) is 0 Å². The fourth-order valence-corrected chi connectivity index (χ4v) is 3.77. The maximum Gasteiger partial charge on any atom is 0.304 e. The van der Waals surface area contributed by atoms with Gasteiger partial charge in [-0.15, -0.1) is 0 Å². The lowest BCUT2D eigenvalue weighted by molar-refractivity contribution is -0.137. The molecular weight excluding hydrogens is 457 g/mol. The maximum atomic E-state index is 10.8. The number of morpholine rings is 1. The number of ether oxygens (including phenoxy) is 2. The van der Waals surface area contributed by atoms with E-state index < -0.39 is 5.97 Å². The van der Waals surface area contributed by atoms with E-state index in [0.29, 0.717) is 19.8 Å². The smallest absolute Gasteiger partial charge is 0.304 e. The Balaban J connectivity index is 1.62. The minimum atomic E-state index is -0.760. The molecule has 0 spiro atoms. The van der Waals surface area contributed by atoms with Crippen molar-refractivity contribution >= 4 is 28.6 Å². The second kappa shape index (κ2) is 9.52. The molecule has 0 bridgehead atoms. The van der Waals surface area contributed by atoms with E-state index in [0.717, 1.165) is 30.0 Å². The van der Waals surface area contributed by atoms with Crippen LogP contribution in [0.3, 0.4) is 0 Å². The summed E-state index contributed by atoms with van der Waals surface area (Å²) in [6.07, 6.45) is 0.133. The summed E-state index contributed by atoms with van der Waals surface area (Å²) >= 11 is 2.32. The van der Waals surface area contributed by atoms with Crippen molar-refractivity contribution in [1.29, 1.82) is 0 Å². The van der Waals surface area contributed by atoms with E-state index >= 15 is 0 Å². The number of hydrogen-bond acceptors (Lipinski definition) is 4. The molecule has 1 atom stereocenters. The highest BCUT2D eigenvalue weighted by atomic mass is 127. The summed E-state index contributed by atoms with van der Waals surface area (Å²) in [5, 5.41) is 8.88. The minimum absolute atomic E-state index is 0.0309. The van der Waals surface area contributed by atoms with Crippen LogP contribution >= 0.6 is 22.6 Å². The molecule has 1 aliphatic rings. The standard InChI is InChI=1S/C21H24INO4/c1-15-12-17(27-14-16-4-2-3-5-19(16)22)6-7-18(15)20-13-23(10-11-26-20)9-8-21(24)25/h2-7,12,20H,8-11,13-14H2,1H3,(H,24,25). The fourth-order valence-electron chi connectivity index (χ4n) is 3.22. The average Bonchev–Trinajstić information content (AvgIpc) is 2.66. The molecule has 2 aromatic carbocycles. The van der Waals surface area contributed by atoms with Gasteiger partial charge in [0.1, 0.15) is 12.4 Å². The number of carboxylic acids is 1. The van der Waals surface area contributed by atoms with Gasteiger partial charge in [-0.1, -0.05) is 24.3 Å². The highest BCUT2D eigenvalue weighted by molar-refractivity contribution is 14.1. The van der Waals surface area contributed by atoms with Gasteiger partial charge < -0.3 is 14.6 Å². The molecule has 2 aromatic rings. The Morgan fingerprint density at radius 2 is 2.15 bits per heavy atom. The van der Waals surface area contributed by atoms with Gasteiger partial charge in [-0.3, -0.25) is 9.69 Å². The number of carboxylic acid groups (broad SMARTS) is 1. The van der Waals surface area contributed by atoms with Crippen LogP contribution in [-0.2, 0) is 16.1 Å². The summed E-state index contributed by atoms with van der Waals surface area (Å²) < 4.78 is 13.1. The highest BCUT2D eigenvalue weighted by Crippen LogP contribution is 2.28. The summed E-state index contributed by atoms with van der Waals surface area (Å²) in [6, 6.07) is 14.3. The molecule has 0 amide bonds. The van der Waals surface area contributed by atoms with Gasteiger partial charge >= 0.3 is 5.97 Å². The number of aliphatic carboxylic acids is 1. The Bertz CT molecular complexity index is 796. The van der Waals surface area contributed by atoms with Crippen molar-refractivity contribution in [3.8, 4) is 5.75 Å². The first-order chi connectivity index (χ1) is 13.0. The van der Waals surface area contributed by atoms with E-state index in [1.54, 1.807) is 0 Å². The van der Waals surface area contributed by atoms with Crippen LogP contribution in [0.5, 0.6) is 5.75 Å². The fraction of sp³-hybridized carbons (Fsp3) is 0.381. The van der Waals surface area contributed by atoms with Crippen molar-refractivity contribution in [3.63, 3.8) is 0 Å². The van der Waals surface area contributed by atoms with Crippen LogP contribution in [0.25, 0.3) is 0 Å². The number of nitrogens with zero attached hydrogens (tertiary/aromatic N) is 1. The summed E-state index contributed by atoms with van der Waals surface area (Å²) in [6.45, 7) is 5.28. The first kappa shape index (κ1) is 20.1. The van der Waals surface area contributed by atoms with Crippen molar-refractivity contribution in [2.45, 2.75) is 26.1 Å². The molecule has 1 aliphatic heterocycles. The molecule has 1 fully saturated rings. The zero-order valence-corrected chi connectivity index (χ0v) is 17.5. The zero-order valence-electron chi connectivity index (χ0n) is 15.4. The topological polar surface area (TPSA) is 59.0 Å². The molecule has 0 radical (unpaired) electrons. The molecule has 1 saturated heterocycles. The lowest BCUT2D eigenvalue weighted by Gasteiger charge is -2.33. The quantitative estimate of drug-likeness (QED) is 0.606. The van der Waals surface area contributed by atoms with E-state index in [2.05, 4.69) is 52.6 Å². The number of carbonyl (C=O) groups is 1. The third-order valence-corrected chi connectivity index (χ3v) is 5.79. The molecule has 1 N–H and O–H groups in total. The summed E-state index contributed by atoms with van der Waals surface area (Å²) in [5.41, 5.74) is 3.43. The van der Waals surface area contributed by atoms with E-state index in [4.69, 9.17) is 14.6 Å². The van der Waals surface area contributed by atoms with Crippen molar-refractivity contribution in [2.75, 3.05) is 26.2 Å². The predicted octanol–water partition coefficient (Wildman–Crippen LogP) is 4.03. The molecule has 0 aliphatic carbocycles. The average molecular weight is 481 g/mol. The first-order valence-corrected chi connectivity index (χ1v) is 10.1. The molecule has 1 heterocycles. The molecule has 1 unspecified atom stereocenters. The summed E-state index contributed by atoms with van der Waals surface area (Å²) in [4.78, 5) is 13.0. The largest absolute Gasteiger partial charge is 0.489 e. The normalized spacial score (nSPS) is 17.6. The van der Waals surface area contributed by atoms with Crippen LogP contribution in [0, 0.1) is 10.5 Å². The van der Waals surface area contributed by atoms with Crippen LogP contribution in [0.4, 0.5) is 0 Å². The number of hydrogen-bond donors (Lipinski definition) is 1. The second-order valence-electron chi connectivity index (χ2n) is 6.70. The Hall–Kier alpha value is -1.64. The Labute approximate surface area is 173 Å². The predicted molar refractivity (Wildman–Crippen MR) is 112 cm³/mol. The van der Waals surface area contributed by atoms with Crippen molar-refractivity contribution in [1.82, 2.24) is 4.90 Å². The minimum Gasteiger partial charge on any atom is -0.489 e. The van der Waals surface area contributed by atoms with Gasteiger partial charge in [0.05, 0.1) is 19.1 Å². The number of benzene rings is 2. The molecule has 27 heavy (non-hydrogen) atoms. The Morgan fingerprint density at radius 1 is 1.33 bits per heavy atom. The third kappa shape index (κ3) is 5.67. The van der Waals surface area contributed by atoms with Gasteiger partial charge in [-0.25, -0.2) is 0 Å². The monoisotopic (exact) mass is 481 g/mol. The molecule has 5 nitrogen and oxygen atoms in total. The van der Waals surface area contributed by atoms with Gasteiger partial charge in [0, 0.05) is 28.8 Å². The van der Waals surface area contributed by atoms with Crippen molar-refractivity contribution in [2.24, 2.45) is 0 Å². The molecule has 6 heteroatoms. The molecule has 0 saturated carbocycles. The van der Waals surface area contributed by atoms with E-state index in [1.807, 2.05) is 24.3 Å². The Kier molecular flexibility index (Phi) is 7.09. The first-order valence-electron chi connectivity index (χ1n) is 9.05. The van der Waals surface area contributed by atoms with Crippen LogP contribution in [0.2, 0.25) is 0 Å². The molecule has 3 rings (SSSR count). The van der Waals surface area contributed by atoms with Crippen molar-refractivity contribution < 1.29 is 19.4 Å². The van der Waals surface area contributed by atoms with Gasteiger partial charge in [0.15, 0.2) is 0 Å².